The summed E-state index contributed by atoms with van der Waals surface area (Å²) in [5.74, 6) is -0.0331. The molecule has 0 radical (unpaired) electrons. The van der Waals surface area contributed by atoms with Gasteiger partial charge in [-0.3, -0.25) is 0 Å². The molecule has 2 saturated heterocycles. The topological polar surface area (TPSA) is 58.0 Å². The van der Waals surface area contributed by atoms with E-state index in [4.69, 9.17) is 18.9 Å². The molecule has 2 aliphatic rings. The SMILES string of the molecule is Cc1cccc(C2(Cn3ccnc3)OCC(COc3ccc(N4CCOCC4)cc3)O2)c1. The van der Waals surface area contributed by atoms with Crippen molar-refractivity contribution in [1.29, 1.82) is 0 Å². The summed E-state index contributed by atoms with van der Waals surface area (Å²) in [5, 5.41) is 0. The third-order valence-corrected chi connectivity index (χ3v) is 5.92. The molecule has 5 rings (SSSR count). The average Bonchev–Trinajstić information content (AvgIpc) is 3.50. The predicted octanol–water partition coefficient (Wildman–Crippen LogP) is 3.38. The summed E-state index contributed by atoms with van der Waals surface area (Å²) < 4.78 is 26.2. The zero-order valence-electron chi connectivity index (χ0n) is 18.4. The van der Waals surface area contributed by atoms with Gasteiger partial charge in [0, 0.05) is 36.7 Å². The maximum atomic E-state index is 6.49. The Kier molecular flexibility index (Phi) is 6.12. The van der Waals surface area contributed by atoms with Crippen LogP contribution < -0.4 is 9.64 Å². The van der Waals surface area contributed by atoms with Crippen molar-refractivity contribution in [2.75, 3.05) is 44.4 Å². The highest BCUT2D eigenvalue weighted by Gasteiger charge is 2.44. The molecule has 0 N–H and O–H groups in total. The van der Waals surface area contributed by atoms with Crippen molar-refractivity contribution in [1.82, 2.24) is 9.55 Å². The third-order valence-electron chi connectivity index (χ3n) is 5.92. The molecule has 7 heteroatoms. The smallest absolute Gasteiger partial charge is 0.214 e. The lowest BCUT2D eigenvalue weighted by atomic mass is 10.0. The quantitative estimate of drug-likeness (QED) is 0.567. The number of rotatable bonds is 7. The molecule has 2 aromatic carbocycles. The van der Waals surface area contributed by atoms with Crippen LogP contribution in [0.25, 0.3) is 0 Å². The monoisotopic (exact) mass is 435 g/mol. The standard InChI is InChI=1S/C25H29N3O4/c1-20-3-2-4-21(15-20)25(18-27-10-9-26-19-27)31-17-24(32-25)16-30-23-7-5-22(6-8-23)28-11-13-29-14-12-28/h2-10,15,19,24H,11-14,16-18H2,1H3. The van der Waals surface area contributed by atoms with Gasteiger partial charge in [-0.15, -0.1) is 0 Å². The maximum Gasteiger partial charge on any atom is 0.214 e. The van der Waals surface area contributed by atoms with Crippen LogP contribution in [0.2, 0.25) is 0 Å². The van der Waals surface area contributed by atoms with E-state index < -0.39 is 5.79 Å². The maximum absolute atomic E-state index is 6.49. The molecule has 0 spiro atoms. The number of aromatic nitrogens is 2. The fourth-order valence-corrected chi connectivity index (χ4v) is 4.24. The highest BCUT2D eigenvalue weighted by atomic mass is 16.8. The Morgan fingerprint density at radius 3 is 2.72 bits per heavy atom. The third kappa shape index (κ3) is 4.65. The second-order valence-electron chi connectivity index (χ2n) is 8.31. The van der Waals surface area contributed by atoms with Crippen LogP contribution in [0.3, 0.4) is 0 Å². The lowest BCUT2D eigenvalue weighted by molar-refractivity contribution is -0.189. The summed E-state index contributed by atoms with van der Waals surface area (Å²) in [7, 11) is 0. The molecule has 2 unspecified atom stereocenters. The first-order valence-corrected chi connectivity index (χ1v) is 11.1. The first kappa shape index (κ1) is 21.0. The van der Waals surface area contributed by atoms with Gasteiger partial charge in [0.25, 0.3) is 0 Å². The summed E-state index contributed by atoms with van der Waals surface area (Å²) in [6, 6.07) is 16.5. The molecule has 2 atom stereocenters. The lowest BCUT2D eigenvalue weighted by Crippen LogP contribution is -2.36. The van der Waals surface area contributed by atoms with Gasteiger partial charge in [0.05, 0.1) is 32.7 Å². The van der Waals surface area contributed by atoms with Gasteiger partial charge >= 0.3 is 0 Å². The molecule has 2 fully saturated rings. The number of benzene rings is 2. The molecule has 168 valence electrons. The Labute approximate surface area is 188 Å². The molecule has 1 aromatic heterocycles. The van der Waals surface area contributed by atoms with Crippen molar-refractivity contribution in [3.05, 3.63) is 78.4 Å². The van der Waals surface area contributed by atoms with E-state index in [1.807, 2.05) is 29.0 Å². The fraction of sp³-hybridized carbons (Fsp3) is 0.400. The second-order valence-corrected chi connectivity index (χ2v) is 8.31. The second kappa shape index (κ2) is 9.32. The van der Waals surface area contributed by atoms with Gasteiger partial charge in [-0.2, -0.15) is 0 Å². The summed E-state index contributed by atoms with van der Waals surface area (Å²) in [6.45, 7) is 6.89. The number of morpholine rings is 1. The van der Waals surface area contributed by atoms with Gasteiger partial charge in [0.15, 0.2) is 0 Å². The van der Waals surface area contributed by atoms with Crippen LogP contribution >= 0.6 is 0 Å². The number of hydrogen-bond donors (Lipinski definition) is 0. The number of ether oxygens (including phenoxy) is 4. The highest BCUT2D eigenvalue weighted by Crippen LogP contribution is 2.36. The molecule has 7 nitrogen and oxygen atoms in total. The van der Waals surface area contributed by atoms with Crippen LogP contribution in [0, 0.1) is 6.92 Å². The molecule has 3 aromatic rings. The van der Waals surface area contributed by atoms with Crippen molar-refractivity contribution >= 4 is 5.69 Å². The summed E-state index contributed by atoms with van der Waals surface area (Å²) in [6.07, 6.45) is 5.30. The van der Waals surface area contributed by atoms with Crippen LogP contribution in [0.15, 0.2) is 67.3 Å². The van der Waals surface area contributed by atoms with Gasteiger partial charge in [-0.25, -0.2) is 4.98 Å². The number of imidazole rings is 1. The van der Waals surface area contributed by atoms with Gasteiger partial charge in [-0.05, 0) is 31.2 Å². The normalized spacial score (nSPS) is 23.4. The van der Waals surface area contributed by atoms with Crippen molar-refractivity contribution in [3.8, 4) is 5.75 Å². The summed E-state index contributed by atoms with van der Waals surface area (Å²) in [5.41, 5.74) is 3.36. The predicted molar refractivity (Wildman–Crippen MR) is 121 cm³/mol. The molecule has 3 heterocycles. The molecule has 0 aliphatic carbocycles. The Morgan fingerprint density at radius 2 is 1.97 bits per heavy atom. The molecule has 0 bridgehead atoms. The minimum atomic E-state index is -0.860. The van der Waals surface area contributed by atoms with Crippen molar-refractivity contribution in [3.63, 3.8) is 0 Å². The Bertz CT molecular complexity index is 1000. The number of anilines is 1. The van der Waals surface area contributed by atoms with E-state index in [-0.39, 0.29) is 6.10 Å². The molecular formula is C25H29N3O4. The summed E-state index contributed by atoms with van der Waals surface area (Å²) >= 11 is 0. The van der Waals surface area contributed by atoms with Crippen LogP contribution in [-0.4, -0.2) is 55.2 Å². The fourth-order valence-electron chi connectivity index (χ4n) is 4.24. The van der Waals surface area contributed by atoms with Gasteiger partial charge in [0.1, 0.15) is 18.5 Å². The molecule has 2 aliphatic heterocycles. The largest absolute Gasteiger partial charge is 0.491 e. The first-order valence-electron chi connectivity index (χ1n) is 11.1. The lowest BCUT2D eigenvalue weighted by Gasteiger charge is -2.29. The number of aryl methyl sites for hydroxylation is 1. The Morgan fingerprint density at radius 1 is 1.12 bits per heavy atom. The van der Waals surface area contributed by atoms with E-state index in [1.165, 1.54) is 11.3 Å². The zero-order chi connectivity index (χ0) is 21.8. The van der Waals surface area contributed by atoms with E-state index in [1.54, 1.807) is 12.5 Å². The van der Waals surface area contributed by atoms with E-state index in [2.05, 4.69) is 47.1 Å². The summed E-state index contributed by atoms with van der Waals surface area (Å²) in [4.78, 5) is 6.49. The highest BCUT2D eigenvalue weighted by molar-refractivity contribution is 5.49. The minimum absolute atomic E-state index is 0.169. The van der Waals surface area contributed by atoms with E-state index in [0.717, 1.165) is 37.6 Å². The van der Waals surface area contributed by atoms with Crippen LogP contribution in [0.1, 0.15) is 11.1 Å². The van der Waals surface area contributed by atoms with Gasteiger partial charge in [-0.1, -0.05) is 29.8 Å². The van der Waals surface area contributed by atoms with Crippen LogP contribution in [0.5, 0.6) is 5.75 Å². The molecule has 0 amide bonds. The van der Waals surface area contributed by atoms with Gasteiger partial charge in [0.2, 0.25) is 5.79 Å². The Balaban J connectivity index is 1.24. The van der Waals surface area contributed by atoms with Crippen molar-refractivity contribution < 1.29 is 18.9 Å². The molecule has 32 heavy (non-hydrogen) atoms. The van der Waals surface area contributed by atoms with Gasteiger partial charge < -0.3 is 28.4 Å². The van der Waals surface area contributed by atoms with Crippen molar-refractivity contribution in [2.24, 2.45) is 0 Å². The molecular weight excluding hydrogens is 406 g/mol. The van der Waals surface area contributed by atoms with E-state index >= 15 is 0 Å². The van der Waals surface area contributed by atoms with E-state index in [9.17, 15) is 0 Å². The van der Waals surface area contributed by atoms with Crippen LogP contribution in [0.4, 0.5) is 5.69 Å². The number of hydrogen-bond acceptors (Lipinski definition) is 6. The van der Waals surface area contributed by atoms with Crippen LogP contribution in [-0.2, 0) is 26.5 Å². The van der Waals surface area contributed by atoms with E-state index in [0.29, 0.717) is 19.8 Å². The Hall–Kier alpha value is -2.87. The minimum Gasteiger partial charge on any atom is -0.491 e. The zero-order valence-corrected chi connectivity index (χ0v) is 18.4. The van der Waals surface area contributed by atoms with Crippen molar-refractivity contribution in [2.45, 2.75) is 25.4 Å². The molecule has 0 saturated carbocycles. The first-order chi connectivity index (χ1) is 15.7. The number of nitrogens with zero attached hydrogens (tertiary/aromatic N) is 3. The average molecular weight is 436 g/mol.